The van der Waals surface area contributed by atoms with Crippen LogP contribution < -0.4 is 5.32 Å². The molecule has 0 atom stereocenters. The Balaban J connectivity index is 1.59. The zero-order valence-electron chi connectivity index (χ0n) is 12.9. The third-order valence-electron chi connectivity index (χ3n) is 3.70. The summed E-state index contributed by atoms with van der Waals surface area (Å²) in [6.45, 7) is 0. The Bertz CT molecular complexity index is 1030. The second-order valence-electron chi connectivity index (χ2n) is 5.42. The number of amides is 1. The molecule has 0 radical (unpaired) electrons. The lowest BCUT2D eigenvalue weighted by Crippen LogP contribution is -2.11. The first-order chi connectivity index (χ1) is 11.7. The fourth-order valence-corrected chi connectivity index (χ4v) is 2.53. The maximum absolute atomic E-state index is 12.5. The first-order valence-corrected chi connectivity index (χ1v) is 7.42. The minimum Gasteiger partial charge on any atom is -0.361 e. The molecule has 2 aromatic carbocycles. The van der Waals surface area contributed by atoms with Gasteiger partial charge in [-0.3, -0.25) is 4.79 Å². The molecule has 0 bridgehead atoms. The molecule has 1 amide bonds. The lowest BCUT2D eigenvalue weighted by atomic mass is 10.1. The molecule has 0 aliphatic heterocycles. The van der Waals surface area contributed by atoms with E-state index >= 15 is 0 Å². The van der Waals surface area contributed by atoms with Crippen molar-refractivity contribution in [1.82, 2.24) is 25.2 Å². The highest BCUT2D eigenvalue weighted by molar-refractivity contribution is 6.06. The van der Waals surface area contributed by atoms with Crippen molar-refractivity contribution in [2.75, 3.05) is 5.32 Å². The second kappa shape index (κ2) is 5.62. The predicted octanol–water partition coefficient (Wildman–Crippen LogP) is 2.61. The highest BCUT2D eigenvalue weighted by Crippen LogP contribution is 2.20. The van der Waals surface area contributed by atoms with Gasteiger partial charge >= 0.3 is 0 Å². The molecule has 7 heteroatoms. The zero-order chi connectivity index (χ0) is 16.5. The highest BCUT2D eigenvalue weighted by Gasteiger charge is 2.09. The third kappa shape index (κ3) is 2.63. The van der Waals surface area contributed by atoms with E-state index in [4.69, 9.17) is 0 Å². The van der Waals surface area contributed by atoms with E-state index in [9.17, 15) is 4.79 Å². The van der Waals surface area contributed by atoms with E-state index in [1.165, 1.54) is 4.80 Å². The van der Waals surface area contributed by atoms with Gasteiger partial charge in [-0.15, -0.1) is 10.2 Å². The van der Waals surface area contributed by atoms with Crippen molar-refractivity contribution < 1.29 is 4.79 Å². The van der Waals surface area contributed by atoms with Crippen molar-refractivity contribution in [1.29, 1.82) is 0 Å². The fraction of sp³-hybridized carbons (Fsp3) is 0.0588. The summed E-state index contributed by atoms with van der Waals surface area (Å²) in [7, 11) is 1.71. The first-order valence-electron chi connectivity index (χ1n) is 7.42. The summed E-state index contributed by atoms with van der Waals surface area (Å²) >= 11 is 0. The van der Waals surface area contributed by atoms with Gasteiger partial charge in [-0.1, -0.05) is 12.1 Å². The molecule has 0 unspecified atom stereocenters. The summed E-state index contributed by atoms with van der Waals surface area (Å²) < 4.78 is 0. The van der Waals surface area contributed by atoms with Crippen LogP contribution in [-0.4, -0.2) is 31.1 Å². The molecule has 0 aliphatic rings. The van der Waals surface area contributed by atoms with E-state index < -0.39 is 0 Å². The van der Waals surface area contributed by atoms with Gasteiger partial charge in [-0.2, -0.15) is 4.80 Å². The standard InChI is InChI=1S/C17H14N6O/c1-23-21-16(20-22-23)12-3-2-4-14(10-12)19-17(24)13-5-6-15-11(9-13)7-8-18-15/h2-10,18H,1H3,(H,19,24). The Kier molecular flexibility index (Phi) is 3.31. The summed E-state index contributed by atoms with van der Waals surface area (Å²) in [6.07, 6.45) is 1.85. The minimum absolute atomic E-state index is 0.164. The minimum atomic E-state index is -0.164. The number of hydrogen-bond acceptors (Lipinski definition) is 4. The monoisotopic (exact) mass is 318 g/mol. The number of benzene rings is 2. The average molecular weight is 318 g/mol. The lowest BCUT2D eigenvalue weighted by Gasteiger charge is -2.06. The van der Waals surface area contributed by atoms with Crippen LogP contribution in [0.4, 0.5) is 5.69 Å². The molecule has 2 N–H and O–H groups in total. The molecule has 0 fully saturated rings. The van der Waals surface area contributed by atoms with E-state index in [0.29, 0.717) is 17.1 Å². The number of anilines is 1. The van der Waals surface area contributed by atoms with Crippen LogP contribution in [0.1, 0.15) is 10.4 Å². The largest absolute Gasteiger partial charge is 0.361 e. The van der Waals surface area contributed by atoms with Crippen LogP contribution in [0.2, 0.25) is 0 Å². The number of H-pyrrole nitrogens is 1. The topological polar surface area (TPSA) is 88.5 Å². The van der Waals surface area contributed by atoms with Crippen LogP contribution >= 0.6 is 0 Å². The molecule has 24 heavy (non-hydrogen) atoms. The first kappa shape index (κ1) is 14.1. The Hall–Kier alpha value is -3.48. The van der Waals surface area contributed by atoms with Gasteiger partial charge in [0.05, 0.1) is 7.05 Å². The lowest BCUT2D eigenvalue weighted by molar-refractivity contribution is 0.102. The Morgan fingerprint density at radius 2 is 2.08 bits per heavy atom. The number of aryl methyl sites for hydroxylation is 1. The molecule has 0 saturated heterocycles. The van der Waals surface area contributed by atoms with Gasteiger partial charge in [0, 0.05) is 33.9 Å². The van der Waals surface area contributed by atoms with Crippen LogP contribution in [0.5, 0.6) is 0 Å². The number of nitrogens with zero attached hydrogens (tertiary/aromatic N) is 4. The predicted molar refractivity (Wildman–Crippen MR) is 90.5 cm³/mol. The number of aromatic amines is 1. The summed E-state index contributed by atoms with van der Waals surface area (Å²) in [5, 5.41) is 15.9. The van der Waals surface area contributed by atoms with Gasteiger partial charge in [0.25, 0.3) is 5.91 Å². The molecule has 4 rings (SSSR count). The Labute approximate surface area is 137 Å². The van der Waals surface area contributed by atoms with Gasteiger partial charge < -0.3 is 10.3 Å². The molecule has 4 aromatic rings. The summed E-state index contributed by atoms with van der Waals surface area (Å²) in [5.41, 5.74) is 3.08. The van der Waals surface area contributed by atoms with Crippen molar-refractivity contribution in [3.63, 3.8) is 0 Å². The smallest absolute Gasteiger partial charge is 0.255 e. The van der Waals surface area contributed by atoms with E-state index in [1.807, 2.05) is 48.7 Å². The number of hydrogen-bond donors (Lipinski definition) is 2. The molecule has 0 spiro atoms. The normalized spacial score (nSPS) is 10.9. The summed E-state index contributed by atoms with van der Waals surface area (Å²) in [5.74, 6) is 0.352. The van der Waals surface area contributed by atoms with Gasteiger partial charge in [0.1, 0.15) is 0 Å². The number of carbonyl (C=O) groups excluding carboxylic acids is 1. The van der Waals surface area contributed by atoms with Crippen LogP contribution in [0.15, 0.2) is 54.7 Å². The molecule has 0 saturated carbocycles. The number of nitrogens with one attached hydrogen (secondary N) is 2. The van der Waals surface area contributed by atoms with Crippen LogP contribution in [-0.2, 0) is 7.05 Å². The number of aromatic nitrogens is 5. The van der Waals surface area contributed by atoms with E-state index in [-0.39, 0.29) is 5.91 Å². The van der Waals surface area contributed by atoms with Gasteiger partial charge in [0.15, 0.2) is 0 Å². The summed E-state index contributed by atoms with van der Waals surface area (Å²) in [6, 6.07) is 14.8. The molecular formula is C17H14N6O. The Morgan fingerprint density at radius 1 is 1.17 bits per heavy atom. The SMILES string of the molecule is Cn1nnc(-c2cccc(NC(=O)c3ccc4[nH]ccc4c3)c2)n1. The van der Waals surface area contributed by atoms with Crippen molar-refractivity contribution in [3.8, 4) is 11.4 Å². The maximum atomic E-state index is 12.5. The van der Waals surface area contributed by atoms with Crippen molar-refractivity contribution >= 4 is 22.5 Å². The average Bonchev–Trinajstić information content (AvgIpc) is 3.23. The van der Waals surface area contributed by atoms with E-state index in [1.54, 1.807) is 13.1 Å². The van der Waals surface area contributed by atoms with Crippen molar-refractivity contribution in [2.24, 2.45) is 7.05 Å². The molecule has 0 aliphatic carbocycles. The van der Waals surface area contributed by atoms with Gasteiger partial charge in [0.2, 0.25) is 5.82 Å². The quantitative estimate of drug-likeness (QED) is 0.608. The van der Waals surface area contributed by atoms with Crippen molar-refractivity contribution in [3.05, 3.63) is 60.3 Å². The molecule has 7 nitrogen and oxygen atoms in total. The van der Waals surface area contributed by atoms with Crippen LogP contribution in [0, 0.1) is 0 Å². The molecule has 118 valence electrons. The van der Waals surface area contributed by atoms with Crippen LogP contribution in [0.25, 0.3) is 22.3 Å². The fourth-order valence-electron chi connectivity index (χ4n) is 2.53. The zero-order valence-corrected chi connectivity index (χ0v) is 12.9. The van der Waals surface area contributed by atoms with Crippen molar-refractivity contribution in [2.45, 2.75) is 0 Å². The Morgan fingerprint density at radius 3 is 2.92 bits per heavy atom. The maximum Gasteiger partial charge on any atom is 0.255 e. The number of carbonyl (C=O) groups is 1. The van der Waals surface area contributed by atoms with Gasteiger partial charge in [-0.25, -0.2) is 0 Å². The second-order valence-corrected chi connectivity index (χ2v) is 5.42. The highest BCUT2D eigenvalue weighted by atomic mass is 16.1. The number of rotatable bonds is 3. The molecular weight excluding hydrogens is 304 g/mol. The number of tetrazole rings is 1. The molecule has 2 heterocycles. The third-order valence-corrected chi connectivity index (χ3v) is 3.70. The summed E-state index contributed by atoms with van der Waals surface area (Å²) in [4.78, 5) is 17.0. The van der Waals surface area contributed by atoms with Gasteiger partial charge in [-0.05, 0) is 41.6 Å². The van der Waals surface area contributed by atoms with E-state index in [0.717, 1.165) is 16.5 Å². The number of fused-ring (bicyclic) bond motifs is 1. The molecule has 2 aromatic heterocycles. The van der Waals surface area contributed by atoms with Crippen LogP contribution in [0.3, 0.4) is 0 Å². The van der Waals surface area contributed by atoms with E-state index in [2.05, 4.69) is 25.7 Å².